The summed E-state index contributed by atoms with van der Waals surface area (Å²) in [5.74, 6) is 0. The molecule has 0 rings (SSSR count). The molecule has 0 radical (unpaired) electrons. The Kier molecular flexibility index (Phi) is 10.0. The monoisotopic (exact) mass is 256 g/mol. The van der Waals surface area contributed by atoms with Crippen LogP contribution in [0.2, 0.25) is 8.94 Å². The molecular weight excluding hydrogens is 236 g/mol. The number of unbranched alkanes of at least 4 members (excludes halogenated alkanes) is 3. The van der Waals surface area contributed by atoms with E-state index in [1.165, 1.54) is 34.6 Å². The molecule has 0 spiro atoms. The summed E-state index contributed by atoms with van der Waals surface area (Å²) >= 11 is 0.334. The van der Waals surface area contributed by atoms with Crippen LogP contribution >= 0.6 is 0 Å². The molecule has 0 N–H and O–H groups in total. The molecule has 0 atom stereocenters. The minimum absolute atomic E-state index is 0.334. The SMILES string of the molecule is C=CC[Te]CCCCCC. The minimum atomic E-state index is 0.334. The number of rotatable bonds is 7. The van der Waals surface area contributed by atoms with E-state index in [2.05, 4.69) is 19.6 Å². The van der Waals surface area contributed by atoms with Gasteiger partial charge in [0.1, 0.15) is 0 Å². The molecule has 0 heterocycles. The maximum atomic E-state index is 3.73. The van der Waals surface area contributed by atoms with Gasteiger partial charge in [-0.15, -0.1) is 0 Å². The van der Waals surface area contributed by atoms with Crippen LogP contribution in [0.3, 0.4) is 0 Å². The molecule has 0 amide bonds. The summed E-state index contributed by atoms with van der Waals surface area (Å²) in [5, 5.41) is 0. The third kappa shape index (κ3) is 8.53. The Morgan fingerprint density at radius 3 is 2.70 bits per heavy atom. The summed E-state index contributed by atoms with van der Waals surface area (Å²) in [6, 6.07) is 0. The molecule has 0 saturated carbocycles. The van der Waals surface area contributed by atoms with E-state index in [0.29, 0.717) is 20.9 Å². The summed E-state index contributed by atoms with van der Waals surface area (Å²) in [5.41, 5.74) is 0. The second kappa shape index (κ2) is 9.53. The van der Waals surface area contributed by atoms with Gasteiger partial charge in [-0.25, -0.2) is 0 Å². The molecule has 0 aliphatic heterocycles. The molecule has 0 nitrogen and oxygen atoms in total. The van der Waals surface area contributed by atoms with E-state index in [1.807, 2.05) is 0 Å². The Labute approximate surface area is 75.2 Å². The van der Waals surface area contributed by atoms with E-state index < -0.39 is 0 Å². The van der Waals surface area contributed by atoms with Crippen LogP contribution in [0.25, 0.3) is 0 Å². The summed E-state index contributed by atoms with van der Waals surface area (Å²) in [6.45, 7) is 5.99. The Bertz CT molecular complexity index is 69.1. The summed E-state index contributed by atoms with van der Waals surface area (Å²) in [4.78, 5) is 0. The van der Waals surface area contributed by atoms with Crippen LogP contribution in [0.5, 0.6) is 0 Å². The Hall–Kier alpha value is 0.530. The quantitative estimate of drug-likeness (QED) is 0.371. The maximum absolute atomic E-state index is 3.73. The Balaban J connectivity index is 2.70. The van der Waals surface area contributed by atoms with Crippen molar-refractivity contribution < 1.29 is 0 Å². The van der Waals surface area contributed by atoms with E-state index in [1.54, 1.807) is 0 Å². The molecular formula is C9H18Te. The van der Waals surface area contributed by atoms with Crippen molar-refractivity contribution in [2.24, 2.45) is 0 Å². The summed E-state index contributed by atoms with van der Waals surface area (Å²) in [6.07, 6.45) is 7.80. The van der Waals surface area contributed by atoms with Crippen molar-refractivity contribution in [1.29, 1.82) is 0 Å². The van der Waals surface area contributed by atoms with Gasteiger partial charge in [-0.2, -0.15) is 0 Å². The molecule has 0 bridgehead atoms. The van der Waals surface area contributed by atoms with Gasteiger partial charge in [-0.1, -0.05) is 0 Å². The molecule has 0 aromatic carbocycles. The van der Waals surface area contributed by atoms with Gasteiger partial charge in [-0.05, 0) is 0 Å². The second-order valence-corrected chi connectivity index (χ2v) is 5.71. The number of allylic oxidation sites excluding steroid dienone is 1. The van der Waals surface area contributed by atoms with E-state index in [-0.39, 0.29) is 0 Å². The van der Waals surface area contributed by atoms with Crippen LogP contribution < -0.4 is 0 Å². The van der Waals surface area contributed by atoms with Crippen molar-refractivity contribution in [3.8, 4) is 0 Å². The first kappa shape index (κ1) is 10.5. The first-order valence-corrected chi connectivity index (χ1v) is 7.40. The van der Waals surface area contributed by atoms with E-state index in [4.69, 9.17) is 0 Å². The molecule has 0 aromatic rings. The predicted molar refractivity (Wildman–Crippen MR) is 49.7 cm³/mol. The second-order valence-electron chi connectivity index (χ2n) is 2.42. The van der Waals surface area contributed by atoms with Gasteiger partial charge in [0.25, 0.3) is 0 Å². The van der Waals surface area contributed by atoms with Gasteiger partial charge in [0.15, 0.2) is 0 Å². The molecule has 0 aliphatic carbocycles. The predicted octanol–water partition coefficient (Wildman–Crippen LogP) is 3.29. The molecule has 1 heteroatoms. The Morgan fingerprint density at radius 1 is 1.30 bits per heavy atom. The van der Waals surface area contributed by atoms with Crippen molar-refractivity contribution in [3.63, 3.8) is 0 Å². The standard InChI is InChI=1S/C9H18Te/c1-3-5-6-7-9-10-8-4-2/h4H,2-3,5-9H2,1H3. The van der Waals surface area contributed by atoms with Crippen molar-refractivity contribution in [2.45, 2.75) is 41.5 Å². The fraction of sp³-hybridized carbons (Fsp3) is 0.778. The number of hydrogen-bond donors (Lipinski definition) is 0. The molecule has 10 heavy (non-hydrogen) atoms. The molecule has 60 valence electrons. The summed E-state index contributed by atoms with van der Waals surface area (Å²) in [7, 11) is 0. The average Bonchev–Trinajstić information content (AvgIpc) is 1.97. The average molecular weight is 254 g/mol. The van der Waals surface area contributed by atoms with Gasteiger partial charge in [-0.3, -0.25) is 0 Å². The van der Waals surface area contributed by atoms with Crippen molar-refractivity contribution in [2.75, 3.05) is 0 Å². The van der Waals surface area contributed by atoms with Gasteiger partial charge >= 0.3 is 75.1 Å². The van der Waals surface area contributed by atoms with Gasteiger partial charge in [0.2, 0.25) is 0 Å². The van der Waals surface area contributed by atoms with Crippen LogP contribution in [0, 0.1) is 0 Å². The van der Waals surface area contributed by atoms with Crippen molar-refractivity contribution in [3.05, 3.63) is 12.7 Å². The van der Waals surface area contributed by atoms with E-state index >= 15 is 0 Å². The zero-order valence-corrected chi connectivity index (χ0v) is 9.27. The first-order chi connectivity index (χ1) is 4.91. The number of hydrogen-bond acceptors (Lipinski definition) is 0. The molecule has 0 fully saturated rings. The van der Waals surface area contributed by atoms with Gasteiger partial charge < -0.3 is 0 Å². The fourth-order valence-electron chi connectivity index (χ4n) is 0.798. The zero-order chi connectivity index (χ0) is 7.66. The normalized spacial score (nSPS) is 9.70. The van der Waals surface area contributed by atoms with E-state index in [9.17, 15) is 0 Å². The van der Waals surface area contributed by atoms with Crippen LogP contribution in [0.1, 0.15) is 32.6 Å². The van der Waals surface area contributed by atoms with Crippen molar-refractivity contribution >= 4 is 20.9 Å². The summed E-state index contributed by atoms with van der Waals surface area (Å²) < 4.78 is 2.86. The topological polar surface area (TPSA) is 0 Å². The first-order valence-electron chi connectivity index (χ1n) is 4.10. The van der Waals surface area contributed by atoms with Gasteiger partial charge in [0.05, 0.1) is 0 Å². The molecule has 0 aliphatic rings. The van der Waals surface area contributed by atoms with Crippen molar-refractivity contribution in [1.82, 2.24) is 0 Å². The third-order valence-electron chi connectivity index (χ3n) is 1.38. The zero-order valence-electron chi connectivity index (χ0n) is 6.94. The van der Waals surface area contributed by atoms with Crippen LogP contribution in [0.4, 0.5) is 0 Å². The molecule has 0 unspecified atom stereocenters. The third-order valence-corrected chi connectivity index (χ3v) is 4.37. The molecule has 0 saturated heterocycles. The Morgan fingerprint density at radius 2 is 2.10 bits per heavy atom. The van der Waals surface area contributed by atoms with Crippen LogP contribution in [0.15, 0.2) is 12.7 Å². The van der Waals surface area contributed by atoms with Crippen LogP contribution in [-0.2, 0) is 0 Å². The van der Waals surface area contributed by atoms with E-state index in [0.717, 1.165) is 0 Å². The van der Waals surface area contributed by atoms with Crippen LogP contribution in [-0.4, -0.2) is 20.9 Å². The molecule has 0 aromatic heterocycles. The fourth-order valence-corrected chi connectivity index (χ4v) is 2.91. The van der Waals surface area contributed by atoms with Gasteiger partial charge in [0, 0.05) is 0 Å².